The quantitative estimate of drug-likeness (QED) is 0.865. The molecule has 3 rings (SSSR count). The van der Waals surface area contributed by atoms with Crippen LogP contribution in [0, 0.1) is 5.92 Å². The van der Waals surface area contributed by atoms with Gasteiger partial charge in [-0.2, -0.15) is 0 Å². The van der Waals surface area contributed by atoms with Crippen LogP contribution in [0.3, 0.4) is 0 Å². The summed E-state index contributed by atoms with van der Waals surface area (Å²) in [5.41, 5.74) is 2.55. The summed E-state index contributed by atoms with van der Waals surface area (Å²) in [6.07, 6.45) is 4.77. The third kappa shape index (κ3) is 2.82. The number of nitrogens with one attached hydrogen (secondary N) is 2. The lowest BCUT2D eigenvalue weighted by Crippen LogP contribution is -2.27. The zero-order valence-electron chi connectivity index (χ0n) is 11.5. The maximum absolute atomic E-state index is 5.72. The van der Waals surface area contributed by atoms with E-state index < -0.39 is 0 Å². The van der Waals surface area contributed by atoms with Crippen LogP contribution in [0.5, 0.6) is 0 Å². The minimum atomic E-state index is 0.458. The average Bonchev–Trinajstić information content (AvgIpc) is 3.06. The summed E-state index contributed by atoms with van der Waals surface area (Å²) in [6, 6.07) is 8.71. The highest BCUT2D eigenvalue weighted by Gasteiger charge is 2.25. The molecular weight excluding hydrogens is 236 g/mol. The van der Waals surface area contributed by atoms with Crippen LogP contribution in [0.4, 0.5) is 0 Å². The molecule has 0 spiro atoms. The minimum absolute atomic E-state index is 0.458. The molecule has 1 aromatic heterocycles. The summed E-state index contributed by atoms with van der Waals surface area (Å²) < 4.78 is 5.72. The Balaban J connectivity index is 1.54. The Morgan fingerprint density at radius 3 is 3.21 bits per heavy atom. The van der Waals surface area contributed by atoms with Crippen LogP contribution in [0.2, 0.25) is 0 Å². The van der Waals surface area contributed by atoms with Crippen molar-refractivity contribution in [3.8, 4) is 0 Å². The SMILES string of the molecule is CCC1OCCC1CNCc1ccc2[nH]ccc2c1. The van der Waals surface area contributed by atoms with Gasteiger partial charge in [-0.3, -0.25) is 0 Å². The molecule has 0 saturated carbocycles. The summed E-state index contributed by atoms with van der Waals surface area (Å²) in [7, 11) is 0. The Kier molecular flexibility index (Phi) is 3.85. The number of ether oxygens (including phenoxy) is 1. The number of aromatic amines is 1. The maximum Gasteiger partial charge on any atom is 0.0613 e. The Hall–Kier alpha value is -1.32. The topological polar surface area (TPSA) is 37.0 Å². The maximum atomic E-state index is 5.72. The molecular formula is C16H22N2O. The van der Waals surface area contributed by atoms with E-state index in [0.717, 1.165) is 26.1 Å². The predicted molar refractivity (Wildman–Crippen MR) is 78.1 cm³/mol. The van der Waals surface area contributed by atoms with Gasteiger partial charge in [0.25, 0.3) is 0 Å². The van der Waals surface area contributed by atoms with E-state index in [1.54, 1.807) is 0 Å². The van der Waals surface area contributed by atoms with Gasteiger partial charge in [-0.15, -0.1) is 0 Å². The summed E-state index contributed by atoms with van der Waals surface area (Å²) in [5.74, 6) is 0.681. The fourth-order valence-corrected chi connectivity index (χ4v) is 2.99. The summed E-state index contributed by atoms with van der Waals surface area (Å²) in [5, 5.41) is 4.86. The second-order valence-corrected chi connectivity index (χ2v) is 5.40. The lowest BCUT2D eigenvalue weighted by atomic mass is 9.99. The van der Waals surface area contributed by atoms with Gasteiger partial charge < -0.3 is 15.0 Å². The summed E-state index contributed by atoms with van der Waals surface area (Å²) in [4.78, 5) is 3.22. The Labute approximate surface area is 114 Å². The lowest BCUT2D eigenvalue weighted by Gasteiger charge is -2.17. The van der Waals surface area contributed by atoms with E-state index in [1.807, 2.05) is 6.20 Å². The van der Waals surface area contributed by atoms with Crippen molar-refractivity contribution in [1.29, 1.82) is 0 Å². The Morgan fingerprint density at radius 2 is 2.32 bits per heavy atom. The third-order valence-electron chi connectivity index (χ3n) is 4.10. The van der Waals surface area contributed by atoms with E-state index in [1.165, 1.54) is 22.9 Å². The molecule has 0 bridgehead atoms. The molecule has 2 atom stereocenters. The number of aromatic nitrogens is 1. The molecule has 3 nitrogen and oxygen atoms in total. The van der Waals surface area contributed by atoms with Crippen LogP contribution in [0.25, 0.3) is 10.9 Å². The molecule has 0 radical (unpaired) electrons. The highest BCUT2D eigenvalue weighted by Crippen LogP contribution is 2.22. The second kappa shape index (κ2) is 5.76. The van der Waals surface area contributed by atoms with E-state index in [4.69, 9.17) is 4.74 Å². The van der Waals surface area contributed by atoms with Gasteiger partial charge in [0.05, 0.1) is 6.10 Å². The number of H-pyrrole nitrogens is 1. The summed E-state index contributed by atoms with van der Waals surface area (Å²) >= 11 is 0. The standard InChI is InChI=1S/C16H22N2O/c1-2-16-14(6-8-19-16)11-17-10-12-3-4-15-13(9-12)5-7-18-15/h3-5,7,9,14,16-18H,2,6,8,10-11H2,1H3. The van der Waals surface area contributed by atoms with Crippen LogP contribution in [0.1, 0.15) is 25.3 Å². The Morgan fingerprint density at radius 1 is 1.37 bits per heavy atom. The van der Waals surface area contributed by atoms with E-state index in [-0.39, 0.29) is 0 Å². The number of benzene rings is 1. The van der Waals surface area contributed by atoms with Crippen LogP contribution >= 0.6 is 0 Å². The normalized spacial score (nSPS) is 23.2. The van der Waals surface area contributed by atoms with Crippen molar-refractivity contribution in [1.82, 2.24) is 10.3 Å². The molecule has 1 aliphatic rings. The molecule has 1 aliphatic heterocycles. The molecule has 102 valence electrons. The zero-order valence-corrected chi connectivity index (χ0v) is 11.5. The van der Waals surface area contributed by atoms with E-state index >= 15 is 0 Å². The molecule has 2 aromatic rings. The number of hydrogen-bond donors (Lipinski definition) is 2. The molecule has 1 aromatic carbocycles. The van der Waals surface area contributed by atoms with E-state index in [0.29, 0.717) is 12.0 Å². The van der Waals surface area contributed by atoms with Crippen LogP contribution in [-0.2, 0) is 11.3 Å². The van der Waals surface area contributed by atoms with Gasteiger partial charge in [0.1, 0.15) is 0 Å². The zero-order chi connectivity index (χ0) is 13.1. The van der Waals surface area contributed by atoms with Gasteiger partial charge >= 0.3 is 0 Å². The van der Waals surface area contributed by atoms with Crippen molar-refractivity contribution in [2.75, 3.05) is 13.2 Å². The van der Waals surface area contributed by atoms with Gasteiger partial charge in [0, 0.05) is 31.4 Å². The first-order valence-electron chi connectivity index (χ1n) is 7.25. The van der Waals surface area contributed by atoms with E-state index in [9.17, 15) is 0 Å². The number of fused-ring (bicyclic) bond motifs is 1. The fourth-order valence-electron chi connectivity index (χ4n) is 2.99. The van der Waals surface area contributed by atoms with Gasteiger partial charge in [0.15, 0.2) is 0 Å². The van der Waals surface area contributed by atoms with Crippen LogP contribution in [-0.4, -0.2) is 24.2 Å². The molecule has 1 fully saturated rings. The third-order valence-corrected chi connectivity index (χ3v) is 4.10. The predicted octanol–water partition coefficient (Wildman–Crippen LogP) is 3.07. The van der Waals surface area contributed by atoms with Crippen LogP contribution in [0.15, 0.2) is 30.5 Å². The monoisotopic (exact) mass is 258 g/mol. The van der Waals surface area contributed by atoms with Gasteiger partial charge in [-0.1, -0.05) is 13.0 Å². The molecule has 2 unspecified atom stereocenters. The molecule has 1 saturated heterocycles. The van der Waals surface area contributed by atoms with Gasteiger partial charge in [0.2, 0.25) is 0 Å². The van der Waals surface area contributed by atoms with Gasteiger partial charge in [-0.05, 0) is 47.9 Å². The van der Waals surface area contributed by atoms with Crippen molar-refractivity contribution >= 4 is 10.9 Å². The van der Waals surface area contributed by atoms with Crippen molar-refractivity contribution in [3.05, 3.63) is 36.0 Å². The number of rotatable bonds is 5. The summed E-state index contributed by atoms with van der Waals surface area (Å²) in [6.45, 7) is 5.14. The number of hydrogen-bond acceptors (Lipinski definition) is 2. The highest BCUT2D eigenvalue weighted by atomic mass is 16.5. The first kappa shape index (κ1) is 12.7. The first-order chi connectivity index (χ1) is 9.36. The van der Waals surface area contributed by atoms with Crippen LogP contribution < -0.4 is 5.32 Å². The van der Waals surface area contributed by atoms with Crippen molar-refractivity contribution in [2.24, 2.45) is 5.92 Å². The van der Waals surface area contributed by atoms with Gasteiger partial charge in [-0.25, -0.2) is 0 Å². The first-order valence-corrected chi connectivity index (χ1v) is 7.25. The fraction of sp³-hybridized carbons (Fsp3) is 0.500. The minimum Gasteiger partial charge on any atom is -0.378 e. The molecule has 0 aliphatic carbocycles. The smallest absolute Gasteiger partial charge is 0.0613 e. The second-order valence-electron chi connectivity index (χ2n) is 5.40. The molecule has 0 amide bonds. The molecule has 2 N–H and O–H groups in total. The molecule has 3 heteroatoms. The van der Waals surface area contributed by atoms with Crippen molar-refractivity contribution < 1.29 is 4.74 Å². The van der Waals surface area contributed by atoms with Crippen molar-refractivity contribution in [2.45, 2.75) is 32.4 Å². The van der Waals surface area contributed by atoms with Crippen molar-refractivity contribution in [3.63, 3.8) is 0 Å². The Bertz CT molecular complexity index is 534. The average molecular weight is 258 g/mol. The van der Waals surface area contributed by atoms with E-state index in [2.05, 4.69) is 41.5 Å². The molecule has 19 heavy (non-hydrogen) atoms. The largest absolute Gasteiger partial charge is 0.378 e. The molecule has 2 heterocycles. The lowest BCUT2D eigenvalue weighted by molar-refractivity contribution is 0.0872. The highest BCUT2D eigenvalue weighted by molar-refractivity contribution is 5.79.